The van der Waals surface area contributed by atoms with Crippen LogP contribution in [0.15, 0.2) is 23.1 Å². The zero-order valence-corrected chi connectivity index (χ0v) is 12.7. The Hall–Kier alpha value is -1.36. The predicted octanol–water partition coefficient (Wildman–Crippen LogP) is 3.38. The molecule has 3 rings (SSSR count). The number of rotatable bonds is 2. The van der Waals surface area contributed by atoms with Crippen LogP contribution in [0.2, 0.25) is 0 Å². The molecular weight excluding hydrogens is 304 g/mol. The van der Waals surface area contributed by atoms with Crippen LogP contribution in [0.3, 0.4) is 0 Å². The molecule has 1 atom stereocenters. The fourth-order valence-corrected chi connectivity index (χ4v) is 2.91. The van der Waals surface area contributed by atoms with Crippen molar-refractivity contribution in [3.63, 3.8) is 0 Å². The predicted molar refractivity (Wildman–Crippen MR) is 79.2 cm³/mol. The van der Waals surface area contributed by atoms with E-state index >= 15 is 0 Å². The van der Waals surface area contributed by atoms with Crippen molar-refractivity contribution in [3.8, 4) is 0 Å². The van der Waals surface area contributed by atoms with Crippen LogP contribution in [0, 0.1) is 6.92 Å². The lowest BCUT2D eigenvalue weighted by atomic mass is 9.93. The van der Waals surface area contributed by atoms with Crippen LogP contribution in [0.5, 0.6) is 0 Å². The summed E-state index contributed by atoms with van der Waals surface area (Å²) in [7, 11) is 2.02. The van der Waals surface area contributed by atoms with Gasteiger partial charge in [-0.25, -0.2) is 4.98 Å². The highest BCUT2D eigenvalue weighted by Crippen LogP contribution is 2.32. The summed E-state index contributed by atoms with van der Waals surface area (Å²) in [4.78, 5) is 4.34. The van der Waals surface area contributed by atoms with E-state index in [1.165, 1.54) is 17.7 Å². The number of pyridine rings is 1. The van der Waals surface area contributed by atoms with Crippen LogP contribution < -0.4 is 5.32 Å². The molecule has 1 N–H and O–H groups in total. The highest BCUT2D eigenvalue weighted by Gasteiger charge is 2.23. The number of aromatic nitrogens is 3. The summed E-state index contributed by atoms with van der Waals surface area (Å²) in [5, 5.41) is 7.96. The van der Waals surface area contributed by atoms with Gasteiger partial charge < -0.3 is 5.32 Å². The van der Waals surface area contributed by atoms with E-state index in [-0.39, 0.29) is 0 Å². The molecule has 0 aliphatic heterocycles. The lowest BCUT2D eigenvalue weighted by molar-refractivity contribution is 0.571. The van der Waals surface area contributed by atoms with Gasteiger partial charge in [-0.1, -0.05) is 0 Å². The molecule has 1 aliphatic rings. The Morgan fingerprint density at radius 3 is 3.05 bits per heavy atom. The van der Waals surface area contributed by atoms with Crippen LogP contribution in [0.4, 0.5) is 5.69 Å². The minimum atomic E-state index is 0.347. The van der Waals surface area contributed by atoms with Gasteiger partial charge in [0.25, 0.3) is 0 Å². The van der Waals surface area contributed by atoms with Crippen LogP contribution in [-0.2, 0) is 13.5 Å². The van der Waals surface area contributed by atoms with Crippen molar-refractivity contribution in [3.05, 3.63) is 39.9 Å². The van der Waals surface area contributed by atoms with Crippen molar-refractivity contribution in [2.24, 2.45) is 7.05 Å². The van der Waals surface area contributed by atoms with Crippen LogP contribution >= 0.6 is 15.9 Å². The monoisotopic (exact) mass is 320 g/mol. The minimum absolute atomic E-state index is 0.347. The maximum Gasteiger partial charge on any atom is 0.109 e. The zero-order chi connectivity index (χ0) is 13.4. The van der Waals surface area contributed by atoms with Gasteiger partial charge in [-0.05, 0) is 53.7 Å². The Bertz CT molecular complexity index is 605. The lowest BCUT2D eigenvalue weighted by Crippen LogP contribution is -2.18. The molecule has 0 amide bonds. The third kappa shape index (κ3) is 2.39. The third-order valence-electron chi connectivity index (χ3n) is 3.73. The van der Waals surface area contributed by atoms with Gasteiger partial charge in [-0.15, -0.1) is 0 Å². The maximum absolute atomic E-state index is 4.38. The average Bonchev–Trinajstić information content (AvgIpc) is 2.77. The molecule has 0 saturated heterocycles. The molecule has 100 valence electrons. The van der Waals surface area contributed by atoms with E-state index in [0.717, 1.165) is 28.7 Å². The Morgan fingerprint density at radius 2 is 2.26 bits per heavy atom. The fraction of sp³-hybridized carbons (Fsp3) is 0.429. The summed E-state index contributed by atoms with van der Waals surface area (Å²) in [5.41, 5.74) is 4.90. The van der Waals surface area contributed by atoms with E-state index in [9.17, 15) is 0 Å². The Balaban J connectivity index is 1.86. The third-order valence-corrected chi connectivity index (χ3v) is 4.56. The zero-order valence-electron chi connectivity index (χ0n) is 11.2. The molecule has 2 aromatic rings. The first-order valence-electron chi connectivity index (χ1n) is 6.54. The Labute approximate surface area is 121 Å². The first kappa shape index (κ1) is 12.7. The number of nitrogens with one attached hydrogen (secondary N) is 1. The highest BCUT2D eigenvalue weighted by atomic mass is 79.9. The highest BCUT2D eigenvalue weighted by molar-refractivity contribution is 9.10. The first-order valence-corrected chi connectivity index (χ1v) is 7.34. The molecule has 4 nitrogen and oxygen atoms in total. The summed E-state index contributed by atoms with van der Waals surface area (Å²) in [6, 6.07) is 2.47. The van der Waals surface area contributed by atoms with Crippen molar-refractivity contribution < 1.29 is 0 Å². The summed E-state index contributed by atoms with van der Waals surface area (Å²) in [5.74, 6) is 0. The second-order valence-electron chi connectivity index (χ2n) is 5.09. The number of halogens is 1. The van der Waals surface area contributed by atoms with Gasteiger partial charge in [-0.2, -0.15) is 5.10 Å². The molecule has 2 aromatic heterocycles. The van der Waals surface area contributed by atoms with Crippen molar-refractivity contribution in [2.75, 3.05) is 5.32 Å². The molecule has 0 bridgehead atoms. The first-order chi connectivity index (χ1) is 9.15. The summed E-state index contributed by atoms with van der Waals surface area (Å²) >= 11 is 3.43. The molecule has 5 heteroatoms. The molecule has 0 aromatic carbocycles. The SMILES string of the molecule is Cc1cc(NC2CCCc3c2cnn3C)cnc1Br. The van der Waals surface area contributed by atoms with Crippen molar-refractivity contribution in [1.29, 1.82) is 0 Å². The van der Waals surface area contributed by atoms with Gasteiger partial charge in [0.1, 0.15) is 4.60 Å². The number of nitrogens with zero attached hydrogens (tertiary/aromatic N) is 3. The largest absolute Gasteiger partial charge is 0.377 e. The second-order valence-corrected chi connectivity index (χ2v) is 5.84. The normalized spacial score (nSPS) is 18.2. The molecule has 0 fully saturated rings. The number of fused-ring (bicyclic) bond motifs is 1. The van der Waals surface area contributed by atoms with Gasteiger partial charge in [0.05, 0.1) is 24.1 Å². The van der Waals surface area contributed by atoms with Crippen LogP contribution in [0.1, 0.15) is 35.7 Å². The van der Waals surface area contributed by atoms with Crippen LogP contribution in [-0.4, -0.2) is 14.8 Å². The van der Waals surface area contributed by atoms with E-state index in [4.69, 9.17) is 0 Å². The number of hydrogen-bond acceptors (Lipinski definition) is 3. The van der Waals surface area contributed by atoms with E-state index in [0.29, 0.717) is 6.04 Å². The summed E-state index contributed by atoms with van der Waals surface area (Å²) in [6.07, 6.45) is 7.34. The molecule has 1 aliphatic carbocycles. The molecule has 1 unspecified atom stereocenters. The van der Waals surface area contributed by atoms with E-state index in [2.05, 4.69) is 44.3 Å². The van der Waals surface area contributed by atoms with Gasteiger partial charge in [0, 0.05) is 18.3 Å². The van der Waals surface area contributed by atoms with Crippen molar-refractivity contribution >= 4 is 21.6 Å². The van der Waals surface area contributed by atoms with Gasteiger partial charge in [0.2, 0.25) is 0 Å². The van der Waals surface area contributed by atoms with Crippen molar-refractivity contribution in [2.45, 2.75) is 32.2 Å². The number of hydrogen-bond donors (Lipinski definition) is 1. The lowest BCUT2D eigenvalue weighted by Gasteiger charge is -2.24. The summed E-state index contributed by atoms with van der Waals surface area (Å²) in [6.45, 7) is 2.05. The fourth-order valence-electron chi connectivity index (χ4n) is 2.69. The minimum Gasteiger partial charge on any atom is -0.377 e. The molecule has 19 heavy (non-hydrogen) atoms. The quantitative estimate of drug-likeness (QED) is 0.863. The Kier molecular flexibility index (Phi) is 3.31. The van der Waals surface area contributed by atoms with Crippen molar-refractivity contribution in [1.82, 2.24) is 14.8 Å². The number of aryl methyl sites for hydroxylation is 2. The molecule has 0 spiro atoms. The molecule has 2 heterocycles. The molecule has 0 saturated carbocycles. The van der Waals surface area contributed by atoms with Gasteiger partial charge >= 0.3 is 0 Å². The van der Waals surface area contributed by atoms with Gasteiger partial charge in [0.15, 0.2) is 0 Å². The summed E-state index contributed by atoms with van der Waals surface area (Å²) < 4.78 is 2.90. The van der Waals surface area contributed by atoms with Crippen LogP contribution in [0.25, 0.3) is 0 Å². The molecule has 0 radical (unpaired) electrons. The topological polar surface area (TPSA) is 42.7 Å². The number of anilines is 1. The smallest absolute Gasteiger partial charge is 0.109 e. The van der Waals surface area contributed by atoms with Gasteiger partial charge in [-0.3, -0.25) is 4.68 Å². The Morgan fingerprint density at radius 1 is 1.42 bits per heavy atom. The molecular formula is C14H17BrN4. The average molecular weight is 321 g/mol. The maximum atomic E-state index is 4.38. The second kappa shape index (κ2) is 4.96. The standard InChI is InChI=1S/C14H17BrN4/c1-9-6-10(7-16-14(9)15)18-12-4-3-5-13-11(12)8-17-19(13)2/h6-8,12,18H,3-5H2,1-2H3. The van der Waals surface area contributed by atoms with E-state index < -0.39 is 0 Å². The van der Waals surface area contributed by atoms with E-state index in [1.807, 2.05) is 24.1 Å². The van der Waals surface area contributed by atoms with E-state index in [1.54, 1.807) is 0 Å².